The van der Waals surface area contributed by atoms with Crippen LogP contribution in [0, 0.1) is 0 Å². The van der Waals surface area contributed by atoms with Gasteiger partial charge in [0, 0.05) is 34.9 Å². The first-order valence-corrected chi connectivity index (χ1v) is 12.0. The van der Waals surface area contributed by atoms with Crippen molar-refractivity contribution in [2.45, 2.75) is 24.0 Å². The van der Waals surface area contributed by atoms with Gasteiger partial charge < -0.3 is 4.74 Å². The van der Waals surface area contributed by atoms with Gasteiger partial charge in [0.1, 0.15) is 4.21 Å². The Morgan fingerprint density at radius 2 is 2.00 bits per heavy atom. The summed E-state index contributed by atoms with van der Waals surface area (Å²) in [6, 6.07) is 9.87. The maximum absolute atomic E-state index is 12.8. The fourth-order valence-electron chi connectivity index (χ4n) is 3.25. The summed E-state index contributed by atoms with van der Waals surface area (Å²) in [5.41, 5.74) is 1.73. The maximum atomic E-state index is 12.8. The predicted molar refractivity (Wildman–Crippen MR) is 114 cm³/mol. The Balaban J connectivity index is 1.84. The van der Waals surface area contributed by atoms with Crippen molar-refractivity contribution in [2.24, 2.45) is 0 Å². The molecule has 10 heteroatoms. The molecular formula is C20H17ClN2O5S2. The van der Waals surface area contributed by atoms with Gasteiger partial charge in [-0.1, -0.05) is 11.6 Å². The smallest absolute Gasteiger partial charge is 0.302 e. The van der Waals surface area contributed by atoms with Gasteiger partial charge in [-0.2, -0.15) is 9.78 Å². The van der Waals surface area contributed by atoms with Crippen molar-refractivity contribution in [3.63, 3.8) is 0 Å². The highest BCUT2D eigenvalue weighted by molar-refractivity contribution is 7.93. The Kier molecular flexibility index (Phi) is 5.52. The third-order valence-corrected chi connectivity index (χ3v) is 8.44. The van der Waals surface area contributed by atoms with Gasteiger partial charge in [-0.15, -0.1) is 11.3 Å². The second kappa shape index (κ2) is 7.98. The molecule has 0 amide bonds. The normalized spacial score (nSPS) is 14.5. The van der Waals surface area contributed by atoms with Crippen LogP contribution in [0.3, 0.4) is 0 Å². The fraction of sp³-hybridized carbons (Fsp3) is 0.250. The number of nitrogens with zero attached hydrogens (tertiary/aromatic N) is 2. The van der Waals surface area contributed by atoms with Crippen LogP contribution in [0.1, 0.15) is 17.4 Å². The molecule has 7 nitrogen and oxygen atoms in total. The van der Waals surface area contributed by atoms with Gasteiger partial charge in [0.15, 0.2) is 9.84 Å². The van der Waals surface area contributed by atoms with Crippen LogP contribution in [0.2, 0.25) is 5.02 Å². The van der Waals surface area contributed by atoms with Crippen LogP contribution in [-0.4, -0.2) is 36.5 Å². The van der Waals surface area contributed by atoms with Crippen LogP contribution in [-0.2, 0) is 32.2 Å². The number of carbonyl (C=O) groups excluding carboxylic acids is 1. The lowest BCUT2D eigenvalue weighted by Gasteiger charge is -2.10. The van der Waals surface area contributed by atoms with Crippen molar-refractivity contribution in [3.05, 3.63) is 62.2 Å². The Labute approximate surface area is 181 Å². The molecule has 1 aromatic carbocycles. The number of ether oxygens (including phenoxy) is 1. The van der Waals surface area contributed by atoms with Crippen LogP contribution in [0.4, 0.5) is 0 Å². The molecule has 0 aliphatic carbocycles. The third-order valence-electron chi connectivity index (χ3n) is 4.66. The largest absolute Gasteiger partial charge is 0.465 e. The highest BCUT2D eigenvalue weighted by atomic mass is 35.5. The van der Waals surface area contributed by atoms with Gasteiger partial charge in [-0.3, -0.25) is 9.59 Å². The number of sulfone groups is 1. The van der Waals surface area contributed by atoms with Gasteiger partial charge in [-0.05, 0) is 42.3 Å². The van der Waals surface area contributed by atoms with E-state index >= 15 is 0 Å². The molecule has 30 heavy (non-hydrogen) atoms. The lowest BCUT2D eigenvalue weighted by molar-refractivity contribution is -0.140. The van der Waals surface area contributed by atoms with E-state index in [4.69, 9.17) is 16.3 Å². The number of fused-ring (bicyclic) bond motifs is 3. The molecule has 4 rings (SSSR count). The molecule has 0 saturated carbocycles. The third kappa shape index (κ3) is 4.05. The average molecular weight is 465 g/mol. The fourth-order valence-corrected chi connectivity index (χ4v) is 6.49. The molecule has 1 aliphatic rings. The lowest BCUT2D eigenvalue weighted by atomic mass is 10.1. The Bertz CT molecular complexity index is 1290. The SMILES string of the molecule is CC(=O)OCCc1cc2c(s1)S(=O)(=O)CCc1cc(=O)n(-c3ccc(Cl)cc3)nc1-2. The number of aryl methyl sites for hydroxylation is 1. The summed E-state index contributed by atoms with van der Waals surface area (Å²) in [7, 11) is -3.52. The Morgan fingerprint density at radius 3 is 2.70 bits per heavy atom. The molecular weight excluding hydrogens is 448 g/mol. The molecule has 3 heterocycles. The number of benzene rings is 1. The first kappa shape index (κ1) is 20.8. The zero-order chi connectivity index (χ0) is 21.5. The molecule has 0 bridgehead atoms. The van der Waals surface area contributed by atoms with Crippen molar-refractivity contribution in [2.75, 3.05) is 12.4 Å². The number of thiophene rings is 1. The van der Waals surface area contributed by atoms with Crippen LogP contribution >= 0.6 is 22.9 Å². The maximum Gasteiger partial charge on any atom is 0.302 e. The van der Waals surface area contributed by atoms with E-state index in [9.17, 15) is 18.0 Å². The molecule has 0 fully saturated rings. The Morgan fingerprint density at radius 1 is 1.27 bits per heavy atom. The van der Waals surface area contributed by atoms with Gasteiger partial charge in [0.2, 0.25) is 0 Å². The molecule has 0 atom stereocenters. The minimum Gasteiger partial charge on any atom is -0.465 e. The molecule has 0 unspecified atom stereocenters. The quantitative estimate of drug-likeness (QED) is 0.551. The second-order valence-electron chi connectivity index (χ2n) is 6.82. The minimum atomic E-state index is -3.52. The van der Waals surface area contributed by atoms with Crippen molar-refractivity contribution >= 4 is 38.7 Å². The van der Waals surface area contributed by atoms with E-state index < -0.39 is 9.84 Å². The highest BCUT2D eigenvalue weighted by Gasteiger charge is 2.30. The van der Waals surface area contributed by atoms with Crippen molar-refractivity contribution < 1.29 is 17.9 Å². The molecule has 3 aromatic rings. The average Bonchev–Trinajstić information content (AvgIpc) is 3.08. The summed E-state index contributed by atoms with van der Waals surface area (Å²) in [6.45, 7) is 1.49. The first-order valence-electron chi connectivity index (χ1n) is 9.13. The summed E-state index contributed by atoms with van der Waals surface area (Å²) < 4.78 is 32.1. The van der Waals surface area contributed by atoms with Gasteiger partial charge in [0.25, 0.3) is 5.56 Å². The molecule has 0 N–H and O–H groups in total. The van der Waals surface area contributed by atoms with Gasteiger partial charge in [0.05, 0.1) is 23.7 Å². The standard InChI is InChI=1S/C20H17ClN2O5S2/c1-12(24)28-8-6-16-11-17-19-13(7-9-30(26,27)20(17)29-16)10-18(25)23(22-19)15-4-2-14(21)3-5-15/h2-5,10-11H,6-9H2,1H3. The van der Waals surface area contributed by atoms with E-state index in [0.717, 1.165) is 16.2 Å². The van der Waals surface area contributed by atoms with Crippen molar-refractivity contribution in [1.29, 1.82) is 0 Å². The van der Waals surface area contributed by atoms with Gasteiger partial charge in [-0.25, -0.2) is 8.42 Å². The van der Waals surface area contributed by atoms with Crippen LogP contribution in [0.15, 0.2) is 45.4 Å². The number of rotatable bonds is 4. The lowest BCUT2D eigenvalue weighted by Crippen LogP contribution is -2.22. The van der Waals surface area contributed by atoms with E-state index in [1.54, 1.807) is 30.3 Å². The number of esters is 1. The van der Waals surface area contributed by atoms with Crippen LogP contribution < -0.4 is 5.56 Å². The number of hydrogen-bond donors (Lipinski definition) is 0. The molecule has 0 saturated heterocycles. The summed E-state index contributed by atoms with van der Waals surface area (Å²) in [5, 5.41) is 5.05. The van der Waals surface area contributed by atoms with Gasteiger partial charge >= 0.3 is 5.97 Å². The predicted octanol–water partition coefficient (Wildman–Crippen LogP) is 3.05. The summed E-state index contributed by atoms with van der Waals surface area (Å²) in [6.07, 6.45) is 0.616. The monoisotopic (exact) mass is 464 g/mol. The molecule has 0 spiro atoms. The van der Waals surface area contributed by atoms with E-state index in [2.05, 4.69) is 5.10 Å². The molecule has 156 valence electrons. The first-order chi connectivity index (χ1) is 14.2. The molecule has 2 aromatic heterocycles. The number of halogens is 1. The van der Waals surface area contributed by atoms with Crippen molar-refractivity contribution in [1.82, 2.24) is 9.78 Å². The van der Waals surface area contributed by atoms with Crippen molar-refractivity contribution in [3.8, 4) is 16.9 Å². The summed E-state index contributed by atoms with van der Waals surface area (Å²) in [4.78, 5) is 24.4. The Hall–Kier alpha value is -2.49. The van der Waals surface area contributed by atoms with E-state index in [1.165, 1.54) is 17.7 Å². The topological polar surface area (TPSA) is 95.3 Å². The highest BCUT2D eigenvalue weighted by Crippen LogP contribution is 2.39. The number of carbonyl (C=O) groups is 1. The molecule has 0 radical (unpaired) electrons. The summed E-state index contributed by atoms with van der Waals surface area (Å²) >= 11 is 7.09. The number of aromatic nitrogens is 2. The number of hydrogen-bond acceptors (Lipinski definition) is 7. The summed E-state index contributed by atoms with van der Waals surface area (Å²) in [5.74, 6) is -0.483. The minimum absolute atomic E-state index is 0.0943. The second-order valence-corrected chi connectivity index (χ2v) is 10.7. The van der Waals surface area contributed by atoms with Crippen LogP contribution in [0.5, 0.6) is 0 Å². The van der Waals surface area contributed by atoms with E-state index in [1.807, 2.05) is 0 Å². The zero-order valence-electron chi connectivity index (χ0n) is 15.9. The van der Waals surface area contributed by atoms with Crippen LogP contribution in [0.25, 0.3) is 16.9 Å². The van der Waals surface area contributed by atoms with E-state index in [0.29, 0.717) is 34.0 Å². The zero-order valence-corrected chi connectivity index (χ0v) is 18.3. The van der Waals surface area contributed by atoms with E-state index in [-0.39, 0.29) is 34.5 Å². The molecule has 1 aliphatic heterocycles.